The Morgan fingerprint density at radius 1 is 1.06 bits per heavy atom. The lowest BCUT2D eigenvalue weighted by Gasteiger charge is -2.43. The Labute approximate surface area is 186 Å². The van der Waals surface area contributed by atoms with Crippen molar-refractivity contribution in [3.05, 3.63) is 35.2 Å². The molecule has 3 aliphatic heterocycles. The van der Waals surface area contributed by atoms with Crippen molar-refractivity contribution in [1.82, 2.24) is 25.6 Å². The summed E-state index contributed by atoms with van der Waals surface area (Å²) in [6, 6.07) is 3.58. The molecule has 0 radical (unpaired) electrons. The van der Waals surface area contributed by atoms with E-state index in [4.69, 9.17) is 4.98 Å². The topological polar surface area (TPSA) is 107 Å². The van der Waals surface area contributed by atoms with Crippen LogP contribution in [0.2, 0.25) is 0 Å². The number of carbonyl (C=O) groups is 1. The molecule has 1 amide bonds. The van der Waals surface area contributed by atoms with Crippen molar-refractivity contribution in [2.45, 2.75) is 38.1 Å². The van der Waals surface area contributed by atoms with Gasteiger partial charge in [-0.05, 0) is 30.5 Å². The molecule has 3 N–H and O–H groups in total. The molecule has 3 fully saturated rings. The fraction of sp³-hybridized carbons (Fsp3) is 0.522. The Morgan fingerprint density at radius 2 is 1.91 bits per heavy atom. The number of nitrogens with one attached hydrogen (secondary N) is 3. The van der Waals surface area contributed by atoms with Crippen LogP contribution in [0.25, 0.3) is 5.57 Å². The fourth-order valence-corrected chi connectivity index (χ4v) is 5.60. The highest BCUT2D eigenvalue weighted by Gasteiger charge is 2.47. The molecule has 4 aliphatic rings. The number of hydrogen-bond donors (Lipinski definition) is 3. The predicted molar refractivity (Wildman–Crippen MR) is 121 cm³/mol. The molecule has 2 saturated heterocycles. The first-order valence-corrected chi connectivity index (χ1v) is 11.6. The maximum atomic E-state index is 12.6. The highest BCUT2D eigenvalue weighted by atomic mass is 16.2. The molecule has 0 bridgehead atoms. The van der Waals surface area contributed by atoms with Crippen molar-refractivity contribution < 1.29 is 4.79 Å². The number of fused-ring (bicyclic) bond motifs is 3. The summed E-state index contributed by atoms with van der Waals surface area (Å²) in [6.07, 6.45) is 9.40. The summed E-state index contributed by atoms with van der Waals surface area (Å²) in [7, 11) is 0. The summed E-state index contributed by atoms with van der Waals surface area (Å²) in [5, 5.41) is 11.3. The van der Waals surface area contributed by atoms with Gasteiger partial charge in [0.1, 0.15) is 11.2 Å². The van der Waals surface area contributed by atoms with E-state index >= 15 is 0 Å². The Kier molecular flexibility index (Phi) is 4.78. The summed E-state index contributed by atoms with van der Waals surface area (Å²) in [4.78, 5) is 33.5. The molecule has 2 aromatic heterocycles. The van der Waals surface area contributed by atoms with Gasteiger partial charge in [0, 0.05) is 38.1 Å². The molecule has 166 valence electrons. The summed E-state index contributed by atoms with van der Waals surface area (Å²) < 4.78 is 0. The molecule has 32 heavy (non-hydrogen) atoms. The van der Waals surface area contributed by atoms with Gasteiger partial charge in [-0.1, -0.05) is 19.3 Å². The third kappa shape index (κ3) is 3.31. The summed E-state index contributed by atoms with van der Waals surface area (Å²) in [6.45, 7) is 4.65. The molecule has 2 aromatic rings. The molecular formula is C23H28N8O. The third-order valence-electron chi connectivity index (χ3n) is 7.27. The van der Waals surface area contributed by atoms with Crippen LogP contribution in [-0.2, 0) is 4.79 Å². The Bertz CT molecular complexity index is 1150. The number of aromatic nitrogens is 3. The summed E-state index contributed by atoms with van der Waals surface area (Å²) >= 11 is 0. The molecule has 1 unspecified atom stereocenters. The van der Waals surface area contributed by atoms with E-state index < -0.39 is 6.04 Å². The molecule has 6 rings (SSSR count). The smallest absolute Gasteiger partial charge is 0.249 e. The first kappa shape index (κ1) is 19.6. The second-order valence-electron chi connectivity index (χ2n) is 9.20. The van der Waals surface area contributed by atoms with E-state index in [1.807, 2.05) is 12.3 Å². The van der Waals surface area contributed by atoms with E-state index in [-0.39, 0.29) is 11.3 Å². The molecular weight excluding hydrogens is 404 g/mol. The standard InChI is InChI=1S/C23H28N8O/c32-21-20-18(23(14-27-21)6-2-1-3-7-23)19-16(28-20)13-26-22(30-19)29-17-5-4-15(12-25-17)31-10-8-24-9-11-31/h4-5,12-13,20,24H,1-3,6-11,14H2,(H,27,32)(H,25,29,30). The van der Waals surface area contributed by atoms with E-state index in [0.29, 0.717) is 18.3 Å². The molecule has 1 spiro atoms. The second kappa shape index (κ2) is 7.81. The number of piperidine rings is 1. The fourth-order valence-electron chi connectivity index (χ4n) is 5.60. The minimum atomic E-state index is -0.460. The Morgan fingerprint density at radius 3 is 2.69 bits per heavy atom. The molecule has 1 saturated carbocycles. The van der Waals surface area contributed by atoms with Crippen LogP contribution in [-0.4, -0.2) is 59.6 Å². The Hall–Kier alpha value is -3.07. The van der Waals surface area contributed by atoms with Crippen LogP contribution in [0.3, 0.4) is 0 Å². The molecule has 1 atom stereocenters. The third-order valence-corrected chi connectivity index (χ3v) is 7.27. The number of amides is 1. The van der Waals surface area contributed by atoms with Gasteiger partial charge < -0.3 is 20.9 Å². The number of anilines is 3. The minimum absolute atomic E-state index is 0.0196. The lowest BCUT2D eigenvalue weighted by atomic mass is 9.65. The van der Waals surface area contributed by atoms with Crippen molar-refractivity contribution in [3.63, 3.8) is 0 Å². The van der Waals surface area contributed by atoms with Crippen LogP contribution >= 0.6 is 0 Å². The van der Waals surface area contributed by atoms with Gasteiger partial charge in [0.05, 0.1) is 23.4 Å². The van der Waals surface area contributed by atoms with E-state index in [0.717, 1.165) is 61.0 Å². The van der Waals surface area contributed by atoms with Gasteiger partial charge in [-0.3, -0.25) is 9.79 Å². The zero-order valence-electron chi connectivity index (χ0n) is 18.1. The van der Waals surface area contributed by atoms with E-state index in [1.54, 1.807) is 6.20 Å². The molecule has 1 aliphatic carbocycles. The maximum Gasteiger partial charge on any atom is 0.249 e. The molecule has 0 aromatic carbocycles. The minimum Gasteiger partial charge on any atom is -0.368 e. The molecule has 5 heterocycles. The first-order valence-electron chi connectivity index (χ1n) is 11.6. The SMILES string of the molecule is O=C1NCC2(CCCCC2)C2=c3nc(Nc4ccc(N5CCNCC5)cn4)ncc3=NC12. The number of piperazine rings is 1. The number of rotatable bonds is 3. The highest BCUT2D eigenvalue weighted by Crippen LogP contribution is 2.46. The van der Waals surface area contributed by atoms with Gasteiger partial charge >= 0.3 is 0 Å². The van der Waals surface area contributed by atoms with E-state index in [1.165, 1.54) is 19.3 Å². The monoisotopic (exact) mass is 432 g/mol. The van der Waals surface area contributed by atoms with Crippen molar-refractivity contribution in [2.75, 3.05) is 42.9 Å². The average molecular weight is 433 g/mol. The van der Waals surface area contributed by atoms with Gasteiger partial charge in [0.15, 0.2) is 6.04 Å². The van der Waals surface area contributed by atoms with Crippen LogP contribution in [0.4, 0.5) is 17.5 Å². The van der Waals surface area contributed by atoms with Crippen molar-refractivity contribution in [2.24, 2.45) is 10.4 Å². The van der Waals surface area contributed by atoms with Gasteiger partial charge in [-0.25, -0.2) is 15.0 Å². The maximum absolute atomic E-state index is 12.6. The summed E-state index contributed by atoms with van der Waals surface area (Å²) in [5.41, 5.74) is 2.19. The highest BCUT2D eigenvalue weighted by molar-refractivity contribution is 5.95. The lowest BCUT2D eigenvalue weighted by molar-refractivity contribution is -0.122. The van der Waals surface area contributed by atoms with Gasteiger partial charge in [0.2, 0.25) is 11.9 Å². The van der Waals surface area contributed by atoms with Crippen LogP contribution in [0.5, 0.6) is 0 Å². The van der Waals surface area contributed by atoms with Crippen molar-refractivity contribution in [1.29, 1.82) is 0 Å². The van der Waals surface area contributed by atoms with Gasteiger partial charge in [-0.15, -0.1) is 0 Å². The van der Waals surface area contributed by atoms with Crippen LogP contribution < -0.4 is 31.6 Å². The molecule has 9 heteroatoms. The van der Waals surface area contributed by atoms with Crippen LogP contribution in [0.15, 0.2) is 29.5 Å². The van der Waals surface area contributed by atoms with Gasteiger partial charge in [0.25, 0.3) is 0 Å². The number of carbonyl (C=O) groups excluding carboxylic acids is 1. The zero-order chi connectivity index (χ0) is 21.5. The molecule has 9 nitrogen and oxygen atoms in total. The van der Waals surface area contributed by atoms with E-state index in [9.17, 15) is 4.79 Å². The summed E-state index contributed by atoms with van der Waals surface area (Å²) in [5.74, 6) is 1.18. The van der Waals surface area contributed by atoms with Crippen molar-refractivity contribution >= 4 is 28.9 Å². The number of pyridine rings is 1. The van der Waals surface area contributed by atoms with E-state index in [2.05, 4.69) is 41.9 Å². The van der Waals surface area contributed by atoms with Crippen molar-refractivity contribution in [3.8, 4) is 0 Å². The normalized spacial score (nSPS) is 23.9. The lowest BCUT2D eigenvalue weighted by Crippen LogP contribution is -2.53. The second-order valence-corrected chi connectivity index (χ2v) is 9.20. The quantitative estimate of drug-likeness (QED) is 0.639. The largest absolute Gasteiger partial charge is 0.368 e. The first-order chi connectivity index (χ1) is 15.7. The zero-order valence-corrected chi connectivity index (χ0v) is 18.1. The number of hydrogen-bond acceptors (Lipinski definition) is 8. The Balaban J connectivity index is 1.32. The van der Waals surface area contributed by atoms with Gasteiger partial charge in [-0.2, -0.15) is 0 Å². The predicted octanol–water partition coefficient (Wildman–Crippen LogP) is 0.258. The average Bonchev–Trinajstić information content (AvgIpc) is 3.24. The van der Waals surface area contributed by atoms with Crippen LogP contribution in [0.1, 0.15) is 32.1 Å². The van der Waals surface area contributed by atoms with Crippen LogP contribution in [0, 0.1) is 5.41 Å². The number of nitrogens with zero attached hydrogens (tertiary/aromatic N) is 5.